The lowest BCUT2D eigenvalue weighted by Gasteiger charge is -2.26. The molecule has 0 unspecified atom stereocenters. The fourth-order valence-electron chi connectivity index (χ4n) is 1.32. The summed E-state index contributed by atoms with van der Waals surface area (Å²) in [5.41, 5.74) is 0. The van der Waals surface area contributed by atoms with Crippen LogP contribution in [0.15, 0.2) is 12.0 Å². The molecule has 0 spiro atoms. The van der Waals surface area contributed by atoms with E-state index in [1.807, 2.05) is 34.6 Å². The number of ether oxygens (including phenoxy) is 4. The van der Waals surface area contributed by atoms with Gasteiger partial charge in [0.25, 0.3) is 5.95 Å². The highest BCUT2D eigenvalue weighted by atomic mass is 16.7. The zero-order valence-electron chi connectivity index (χ0n) is 11.0. The molecular weight excluding hydrogens is 208 g/mol. The normalized spacial score (nSPS) is 11.1. The third-order valence-corrected chi connectivity index (χ3v) is 1.82. The van der Waals surface area contributed by atoms with Crippen LogP contribution in [0.3, 0.4) is 0 Å². The van der Waals surface area contributed by atoms with Gasteiger partial charge in [0.15, 0.2) is 5.79 Å². The maximum Gasteiger partial charge on any atom is 0.280 e. The third-order valence-electron chi connectivity index (χ3n) is 1.82. The molecule has 0 radical (unpaired) electrons. The average Bonchev–Trinajstić information content (AvgIpc) is 2.18. The molecule has 0 rings (SSSR count). The second-order valence-electron chi connectivity index (χ2n) is 3.21. The molecule has 4 heteroatoms. The van der Waals surface area contributed by atoms with E-state index in [4.69, 9.17) is 18.9 Å². The number of rotatable bonds is 9. The number of hydrogen-bond donors (Lipinski definition) is 0. The summed E-state index contributed by atoms with van der Waals surface area (Å²) in [4.78, 5) is 0. The van der Waals surface area contributed by atoms with E-state index in [-0.39, 0.29) is 0 Å². The van der Waals surface area contributed by atoms with Gasteiger partial charge in [0.1, 0.15) is 0 Å². The van der Waals surface area contributed by atoms with Gasteiger partial charge in [-0.15, -0.1) is 0 Å². The van der Waals surface area contributed by atoms with Crippen molar-refractivity contribution in [2.75, 3.05) is 26.4 Å². The van der Waals surface area contributed by atoms with E-state index in [0.29, 0.717) is 32.4 Å². The second kappa shape index (κ2) is 8.42. The quantitative estimate of drug-likeness (QED) is 0.452. The predicted octanol–water partition coefficient (Wildman–Crippen LogP) is 2.69. The van der Waals surface area contributed by atoms with E-state index in [9.17, 15) is 0 Å². The molecular formula is C12H24O4. The molecule has 16 heavy (non-hydrogen) atoms. The van der Waals surface area contributed by atoms with E-state index < -0.39 is 5.79 Å². The van der Waals surface area contributed by atoms with Crippen LogP contribution in [0.2, 0.25) is 0 Å². The minimum absolute atomic E-state index is 0.453. The first-order valence-electron chi connectivity index (χ1n) is 5.88. The summed E-state index contributed by atoms with van der Waals surface area (Å²) in [5.74, 6) is -0.335. The van der Waals surface area contributed by atoms with Crippen molar-refractivity contribution in [3.8, 4) is 0 Å². The first-order valence-corrected chi connectivity index (χ1v) is 5.88. The van der Waals surface area contributed by atoms with Crippen LogP contribution in [0.1, 0.15) is 34.6 Å². The van der Waals surface area contributed by atoms with Crippen LogP contribution in [0, 0.1) is 0 Å². The van der Waals surface area contributed by atoms with Gasteiger partial charge in [-0.2, -0.15) is 0 Å². The molecule has 0 aromatic rings. The maximum atomic E-state index is 5.53. The lowest BCUT2D eigenvalue weighted by molar-refractivity contribution is -0.190. The lowest BCUT2D eigenvalue weighted by atomic mass is 10.3. The van der Waals surface area contributed by atoms with Crippen LogP contribution < -0.4 is 0 Å². The fourth-order valence-corrected chi connectivity index (χ4v) is 1.32. The van der Waals surface area contributed by atoms with Crippen molar-refractivity contribution in [2.45, 2.75) is 40.4 Å². The SMILES string of the molecule is CCOC(=CC(C)(OCC)OCC)OCC. The topological polar surface area (TPSA) is 36.9 Å². The Morgan fingerprint density at radius 3 is 1.62 bits per heavy atom. The predicted molar refractivity (Wildman–Crippen MR) is 63.0 cm³/mol. The minimum atomic E-state index is -0.789. The van der Waals surface area contributed by atoms with Crippen LogP contribution in [0.5, 0.6) is 0 Å². The molecule has 0 aromatic carbocycles. The Morgan fingerprint density at radius 2 is 1.31 bits per heavy atom. The Kier molecular flexibility index (Phi) is 8.03. The largest absolute Gasteiger partial charge is 0.466 e. The first-order chi connectivity index (χ1) is 7.61. The monoisotopic (exact) mass is 232 g/mol. The molecule has 0 aromatic heterocycles. The van der Waals surface area contributed by atoms with Crippen LogP contribution in [0.4, 0.5) is 0 Å². The molecule has 0 amide bonds. The molecule has 0 aliphatic heterocycles. The smallest absolute Gasteiger partial charge is 0.280 e. The zero-order chi connectivity index (χ0) is 12.4. The van der Waals surface area contributed by atoms with Crippen LogP contribution >= 0.6 is 0 Å². The Labute approximate surface area is 98.5 Å². The average molecular weight is 232 g/mol. The Hall–Kier alpha value is -0.740. The zero-order valence-corrected chi connectivity index (χ0v) is 11.0. The van der Waals surface area contributed by atoms with Crippen molar-refractivity contribution in [1.29, 1.82) is 0 Å². The number of hydrogen-bond acceptors (Lipinski definition) is 4. The van der Waals surface area contributed by atoms with Gasteiger partial charge in [-0.1, -0.05) is 0 Å². The van der Waals surface area contributed by atoms with Crippen molar-refractivity contribution in [3.05, 3.63) is 12.0 Å². The summed E-state index contributed by atoms with van der Waals surface area (Å²) in [6.07, 6.45) is 1.73. The molecule has 0 aliphatic rings. The summed E-state index contributed by atoms with van der Waals surface area (Å²) < 4.78 is 21.8. The van der Waals surface area contributed by atoms with Crippen LogP contribution in [-0.4, -0.2) is 32.2 Å². The van der Waals surface area contributed by atoms with Gasteiger partial charge in [-0.05, 0) is 34.6 Å². The standard InChI is InChI=1S/C12H24O4/c1-6-13-11(14-7-2)10-12(5,15-8-3)16-9-4/h10H,6-9H2,1-5H3. The fraction of sp³-hybridized carbons (Fsp3) is 0.833. The van der Waals surface area contributed by atoms with Crippen LogP contribution in [0.25, 0.3) is 0 Å². The molecule has 0 heterocycles. The molecule has 4 nitrogen and oxygen atoms in total. The van der Waals surface area contributed by atoms with Crippen molar-refractivity contribution in [2.24, 2.45) is 0 Å². The van der Waals surface area contributed by atoms with Gasteiger partial charge in [-0.3, -0.25) is 0 Å². The summed E-state index contributed by atoms with van der Waals surface area (Å²) in [7, 11) is 0. The van der Waals surface area contributed by atoms with E-state index in [1.54, 1.807) is 6.08 Å². The lowest BCUT2D eigenvalue weighted by Crippen LogP contribution is -2.31. The Bertz CT molecular complexity index is 187. The van der Waals surface area contributed by atoms with Crippen LogP contribution in [-0.2, 0) is 18.9 Å². The molecule has 0 N–H and O–H groups in total. The highest BCUT2D eigenvalue weighted by Gasteiger charge is 2.24. The van der Waals surface area contributed by atoms with Crippen molar-refractivity contribution >= 4 is 0 Å². The van der Waals surface area contributed by atoms with E-state index in [1.165, 1.54) is 0 Å². The van der Waals surface area contributed by atoms with Crippen molar-refractivity contribution < 1.29 is 18.9 Å². The molecule has 96 valence electrons. The highest BCUT2D eigenvalue weighted by molar-refractivity contribution is 4.95. The minimum Gasteiger partial charge on any atom is -0.466 e. The van der Waals surface area contributed by atoms with Gasteiger partial charge in [-0.25, -0.2) is 0 Å². The molecule has 0 bridgehead atoms. The van der Waals surface area contributed by atoms with Crippen molar-refractivity contribution in [3.63, 3.8) is 0 Å². The molecule has 0 saturated heterocycles. The summed E-state index contributed by atoms with van der Waals surface area (Å²) in [6.45, 7) is 11.8. The Balaban J connectivity index is 4.66. The van der Waals surface area contributed by atoms with Gasteiger partial charge < -0.3 is 18.9 Å². The van der Waals surface area contributed by atoms with E-state index in [0.717, 1.165) is 0 Å². The maximum absolute atomic E-state index is 5.53. The van der Waals surface area contributed by atoms with Gasteiger partial charge >= 0.3 is 0 Å². The molecule has 0 aliphatic carbocycles. The van der Waals surface area contributed by atoms with E-state index >= 15 is 0 Å². The van der Waals surface area contributed by atoms with Crippen molar-refractivity contribution in [1.82, 2.24) is 0 Å². The second-order valence-corrected chi connectivity index (χ2v) is 3.21. The van der Waals surface area contributed by atoms with Gasteiger partial charge in [0.2, 0.25) is 0 Å². The summed E-state index contributed by atoms with van der Waals surface area (Å²) in [6, 6.07) is 0. The Morgan fingerprint density at radius 1 is 0.875 bits per heavy atom. The highest BCUT2D eigenvalue weighted by Crippen LogP contribution is 2.18. The summed E-state index contributed by atoms with van der Waals surface area (Å²) >= 11 is 0. The first kappa shape index (κ1) is 15.3. The third kappa shape index (κ3) is 5.98. The summed E-state index contributed by atoms with van der Waals surface area (Å²) in [5, 5.41) is 0. The van der Waals surface area contributed by atoms with Gasteiger partial charge in [0.05, 0.1) is 19.3 Å². The van der Waals surface area contributed by atoms with E-state index in [2.05, 4.69) is 0 Å². The molecule has 0 fully saturated rings. The van der Waals surface area contributed by atoms with Gasteiger partial charge in [0, 0.05) is 13.2 Å². The molecule has 0 saturated carbocycles. The molecule has 0 atom stereocenters.